The molecule has 0 radical (unpaired) electrons. The van der Waals surface area contributed by atoms with Crippen LogP contribution in [0.1, 0.15) is 66.0 Å². The van der Waals surface area contributed by atoms with Crippen LogP contribution in [0.4, 0.5) is 13.2 Å². The molecular formula is C30H32ClF3N4O3. The lowest BCUT2D eigenvalue weighted by atomic mass is 9.97. The Labute approximate surface area is 241 Å². The number of hydrogen-bond donors (Lipinski definition) is 1. The predicted octanol–water partition coefficient (Wildman–Crippen LogP) is 6.70. The van der Waals surface area contributed by atoms with Crippen molar-refractivity contribution < 1.29 is 27.5 Å². The average Bonchev–Trinajstić information content (AvgIpc) is 3.19. The van der Waals surface area contributed by atoms with Crippen LogP contribution in [0, 0.1) is 13.8 Å². The Balaban J connectivity index is 1.37. The van der Waals surface area contributed by atoms with E-state index in [2.05, 4.69) is 10.5 Å². The normalized spacial score (nSPS) is 17.6. The second-order valence-electron chi connectivity index (χ2n) is 10.3. The third-order valence-electron chi connectivity index (χ3n) is 7.31. The van der Waals surface area contributed by atoms with Crippen molar-refractivity contribution in [2.45, 2.75) is 65.2 Å². The number of ether oxygens (including phenoxy) is 1. The molecule has 1 N–H and O–H groups in total. The number of likely N-dealkylation sites (tertiary alicyclic amines) is 1. The van der Waals surface area contributed by atoms with E-state index in [1.54, 1.807) is 48.7 Å². The second kappa shape index (κ2) is 12.4. The maximum absolute atomic E-state index is 13.3. The number of carbonyl (C=O) groups excluding carboxylic acids is 2. The molecule has 1 saturated heterocycles. The van der Waals surface area contributed by atoms with Gasteiger partial charge in [0.25, 0.3) is 11.8 Å². The molecule has 1 aromatic heterocycles. The number of piperidine rings is 1. The standard InChI is InChI=1S/C30H32ClF3N4O3/c1-18-6-5-7-19(2)37(18)28(39)17-41-25-11-8-22(9-12-25)29(40)36-35-16-23-14-20(3)38(21(23)4)24-10-13-27(31)26(15-24)30(32,33)34/h8-16,18-19H,5-7,17H2,1-4H3,(H,36,40)/b35-16-/t18-,19+. The van der Waals surface area contributed by atoms with Gasteiger partial charge in [-0.3, -0.25) is 9.59 Å². The maximum atomic E-state index is 13.3. The summed E-state index contributed by atoms with van der Waals surface area (Å²) in [5.41, 5.74) is 4.13. The monoisotopic (exact) mass is 588 g/mol. The molecule has 7 nitrogen and oxygen atoms in total. The fourth-order valence-corrected chi connectivity index (χ4v) is 5.47. The van der Waals surface area contributed by atoms with E-state index in [1.165, 1.54) is 18.3 Å². The van der Waals surface area contributed by atoms with Crippen molar-refractivity contribution in [1.82, 2.24) is 14.9 Å². The van der Waals surface area contributed by atoms with Crippen LogP contribution in [0.25, 0.3) is 5.69 Å². The lowest BCUT2D eigenvalue weighted by molar-refractivity contribution is -0.139. The van der Waals surface area contributed by atoms with Crippen molar-refractivity contribution in [2.75, 3.05) is 6.61 Å². The summed E-state index contributed by atoms with van der Waals surface area (Å²) in [6.45, 7) is 7.53. The zero-order valence-corrected chi connectivity index (χ0v) is 24.0. The first-order chi connectivity index (χ1) is 19.4. The zero-order chi connectivity index (χ0) is 29.9. The molecule has 2 aromatic carbocycles. The number of amides is 2. The Bertz CT molecular complexity index is 1440. The van der Waals surface area contributed by atoms with Gasteiger partial charge in [0.1, 0.15) is 5.75 Å². The van der Waals surface area contributed by atoms with Crippen molar-refractivity contribution in [2.24, 2.45) is 5.10 Å². The van der Waals surface area contributed by atoms with E-state index < -0.39 is 17.6 Å². The van der Waals surface area contributed by atoms with E-state index in [0.717, 1.165) is 25.3 Å². The molecule has 1 fully saturated rings. The molecule has 11 heteroatoms. The summed E-state index contributed by atoms with van der Waals surface area (Å²) < 4.78 is 47.4. The molecule has 4 rings (SSSR count). The number of alkyl halides is 3. The maximum Gasteiger partial charge on any atom is 0.417 e. The third-order valence-corrected chi connectivity index (χ3v) is 7.64. The van der Waals surface area contributed by atoms with Crippen molar-refractivity contribution in [1.29, 1.82) is 0 Å². The van der Waals surface area contributed by atoms with Gasteiger partial charge in [-0.2, -0.15) is 18.3 Å². The number of benzene rings is 2. The number of carbonyl (C=O) groups is 2. The third kappa shape index (κ3) is 6.93. The van der Waals surface area contributed by atoms with Crippen LogP contribution in [-0.4, -0.2) is 46.2 Å². The van der Waals surface area contributed by atoms with Gasteiger partial charge in [-0.25, -0.2) is 5.43 Å². The summed E-state index contributed by atoms with van der Waals surface area (Å²) in [5, 5.41) is 3.65. The predicted molar refractivity (Wildman–Crippen MR) is 152 cm³/mol. The molecule has 41 heavy (non-hydrogen) atoms. The lowest BCUT2D eigenvalue weighted by Gasteiger charge is -2.38. The molecule has 0 saturated carbocycles. The summed E-state index contributed by atoms with van der Waals surface area (Å²) in [6.07, 6.45) is -0.0645. The molecule has 1 aliphatic heterocycles. The first kappa shape index (κ1) is 30.2. The SMILES string of the molecule is Cc1cc(/C=N\NC(=O)c2ccc(OCC(=O)N3[C@H](C)CCC[C@@H]3C)cc2)c(C)n1-c1ccc(Cl)c(C(F)(F)F)c1. The Kier molecular flexibility index (Phi) is 9.11. The highest BCUT2D eigenvalue weighted by Crippen LogP contribution is 2.36. The lowest BCUT2D eigenvalue weighted by Crippen LogP contribution is -2.49. The van der Waals surface area contributed by atoms with Crippen LogP contribution in [0.3, 0.4) is 0 Å². The largest absolute Gasteiger partial charge is 0.484 e. The number of halogens is 4. The van der Waals surface area contributed by atoms with Crippen LogP contribution >= 0.6 is 11.6 Å². The first-order valence-corrected chi connectivity index (χ1v) is 13.7. The van der Waals surface area contributed by atoms with E-state index in [1.807, 2.05) is 18.7 Å². The van der Waals surface area contributed by atoms with Gasteiger partial charge in [-0.15, -0.1) is 0 Å². The van der Waals surface area contributed by atoms with Crippen LogP contribution in [-0.2, 0) is 11.0 Å². The van der Waals surface area contributed by atoms with Crippen LogP contribution < -0.4 is 10.2 Å². The number of aromatic nitrogens is 1. The average molecular weight is 589 g/mol. The minimum atomic E-state index is -4.58. The van der Waals surface area contributed by atoms with Crippen molar-refractivity contribution in [3.05, 3.63) is 81.6 Å². The van der Waals surface area contributed by atoms with E-state index in [4.69, 9.17) is 16.3 Å². The molecule has 2 atom stereocenters. The number of aryl methyl sites for hydroxylation is 1. The first-order valence-electron chi connectivity index (χ1n) is 13.3. The summed E-state index contributed by atoms with van der Waals surface area (Å²) in [4.78, 5) is 27.1. The molecule has 2 heterocycles. The number of nitrogens with one attached hydrogen (secondary N) is 1. The number of hydrogen-bond acceptors (Lipinski definition) is 4. The second-order valence-corrected chi connectivity index (χ2v) is 10.7. The number of nitrogens with zero attached hydrogens (tertiary/aromatic N) is 3. The Morgan fingerprint density at radius 3 is 2.37 bits per heavy atom. The molecule has 0 spiro atoms. The van der Waals surface area contributed by atoms with Gasteiger partial charge >= 0.3 is 6.18 Å². The highest BCUT2D eigenvalue weighted by atomic mass is 35.5. The zero-order valence-electron chi connectivity index (χ0n) is 23.3. The molecule has 0 bridgehead atoms. The molecular weight excluding hydrogens is 557 g/mol. The van der Waals surface area contributed by atoms with Crippen LogP contribution in [0.2, 0.25) is 5.02 Å². The summed E-state index contributed by atoms with van der Waals surface area (Å²) in [6, 6.07) is 12.2. The topological polar surface area (TPSA) is 75.9 Å². The molecule has 3 aromatic rings. The van der Waals surface area contributed by atoms with E-state index in [0.29, 0.717) is 34.0 Å². The van der Waals surface area contributed by atoms with Gasteiger partial charge in [0.05, 0.1) is 16.8 Å². The molecule has 0 unspecified atom stereocenters. The van der Waals surface area contributed by atoms with Crippen molar-refractivity contribution >= 4 is 29.6 Å². The summed E-state index contributed by atoms with van der Waals surface area (Å²) in [5.74, 6) is -0.0442. The van der Waals surface area contributed by atoms with Crippen LogP contribution in [0.5, 0.6) is 5.75 Å². The van der Waals surface area contributed by atoms with E-state index in [-0.39, 0.29) is 29.6 Å². The van der Waals surface area contributed by atoms with Gasteiger partial charge in [-0.05, 0) is 95.5 Å². The quantitative estimate of drug-likeness (QED) is 0.247. The summed E-state index contributed by atoms with van der Waals surface area (Å²) in [7, 11) is 0. The summed E-state index contributed by atoms with van der Waals surface area (Å²) >= 11 is 5.76. The highest BCUT2D eigenvalue weighted by Gasteiger charge is 2.34. The van der Waals surface area contributed by atoms with Gasteiger partial charge in [0.15, 0.2) is 6.61 Å². The molecule has 218 valence electrons. The van der Waals surface area contributed by atoms with Crippen LogP contribution in [0.15, 0.2) is 53.6 Å². The van der Waals surface area contributed by atoms with Gasteiger partial charge in [0, 0.05) is 40.3 Å². The molecule has 0 aliphatic carbocycles. The minimum Gasteiger partial charge on any atom is -0.484 e. The van der Waals surface area contributed by atoms with E-state index >= 15 is 0 Å². The fraction of sp³-hybridized carbons (Fsp3) is 0.367. The fourth-order valence-electron chi connectivity index (χ4n) is 5.25. The number of rotatable bonds is 7. The minimum absolute atomic E-state index is 0.0583. The smallest absolute Gasteiger partial charge is 0.417 e. The molecule has 1 aliphatic rings. The molecule has 2 amide bonds. The Morgan fingerprint density at radius 1 is 1.07 bits per heavy atom. The van der Waals surface area contributed by atoms with Gasteiger partial charge in [0.2, 0.25) is 0 Å². The Morgan fingerprint density at radius 2 is 1.73 bits per heavy atom. The van der Waals surface area contributed by atoms with Crippen molar-refractivity contribution in [3.63, 3.8) is 0 Å². The van der Waals surface area contributed by atoms with E-state index in [9.17, 15) is 22.8 Å². The number of hydrazone groups is 1. The Hall–Kier alpha value is -3.79. The highest BCUT2D eigenvalue weighted by molar-refractivity contribution is 6.31. The van der Waals surface area contributed by atoms with Gasteiger partial charge < -0.3 is 14.2 Å². The van der Waals surface area contributed by atoms with Gasteiger partial charge in [-0.1, -0.05) is 11.6 Å². The van der Waals surface area contributed by atoms with Crippen molar-refractivity contribution in [3.8, 4) is 11.4 Å².